The third-order valence-corrected chi connectivity index (χ3v) is 4.90. The summed E-state index contributed by atoms with van der Waals surface area (Å²) in [5.74, 6) is 1.73. The first-order valence-corrected chi connectivity index (χ1v) is 8.07. The number of rotatable bonds is 5. The van der Waals surface area contributed by atoms with Crippen molar-refractivity contribution in [3.63, 3.8) is 0 Å². The molecule has 0 radical (unpaired) electrons. The van der Waals surface area contributed by atoms with Crippen molar-refractivity contribution < 1.29 is 0 Å². The van der Waals surface area contributed by atoms with Crippen molar-refractivity contribution in [3.8, 4) is 0 Å². The molecule has 0 aliphatic heterocycles. The van der Waals surface area contributed by atoms with E-state index < -0.39 is 0 Å². The molecule has 1 heterocycles. The van der Waals surface area contributed by atoms with Crippen LogP contribution in [0.2, 0.25) is 0 Å². The monoisotopic (exact) mass is 333 g/mol. The summed E-state index contributed by atoms with van der Waals surface area (Å²) >= 11 is 3.65. The normalized spacial score (nSPS) is 23.3. The van der Waals surface area contributed by atoms with Crippen molar-refractivity contribution in [1.82, 2.24) is 15.3 Å². The largest absolute Gasteiger partial charge is 0.347 e. The predicted octanol–water partition coefficient (Wildman–Crippen LogP) is 4.16. The van der Waals surface area contributed by atoms with Crippen LogP contribution in [0.15, 0.2) is 41.1 Å². The van der Waals surface area contributed by atoms with Crippen LogP contribution < -0.4 is 5.32 Å². The van der Waals surface area contributed by atoms with Gasteiger partial charge in [-0.05, 0) is 36.8 Å². The molecule has 2 N–H and O–H groups in total. The lowest BCUT2D eigenvalue weighted by atomic mass is 9.75. The van der Waals surface area contributed by atoms with Crippen molar-refractivity contribution in [1.29, 1.82) is 0 Å². The summed E-state index contributed by atoms with van der Waals surface area (Å²) in [4.78, 5) is 7.58. The lowest BCUT2D eigenvalue weighted by Gasteiger charge is -2.38. The summed E-state index contributed by atoms with van der Waals surface area (Å²) in [7, 11) is 0. The third kappa shape index (κ3) is 2.81. The zero-order valence-corrected chi connectivity index (χ0v) is 13.2. The summed E-state index contributed by atoms with van der Waals surface area (Å²) in [5, 5.41) is 3.72. The van der Waals surface area contributed by atoms with Gasteiger partial charge in [0.15, 0.2) is 0 Å². The Kier molecular flexibility index (Phi) is 4.22. The summed E-state index contributed by atoms with van der Waals surface area (Å²) in [6.07, 6.45) is 7.19. The van der Waals surface area contributed by atoms with E-state index in [9.17, 15) is 0 Å². The first-order valence-electron chi connectivity index (χ1n) is 7.27. The van der Waals surface area contributed by atoms with E-state index in [0.717, 1.165) is 12.2 Å². The first-order chi connectivity index (χ1) is 9.78. The van der Waals surface area contributed by atoms with Gasteiger partial charge in [-0.15, -0.1) is 0 Å². The summed E-state index contributed by atoms with van der Waals surface area (Å²) < 4.78 is 1.24. The average Bonchev–Trinajstić information content (AvgIpc) is 2.93. The molecule has 1 saturated carbocycles. The van der Waals surface area contributed by atoms with Crippen LogP contribution in [-0.2, 0) is 0 Å². The molecule has 106 valence electrons. The molecule has 0 bridgehead atoms. The molecule has 1 atom stereocenters. The number of hydrogen-bond donors (Lipinski definition) is 2. The van der Waals surface area contributed by atoms with Gasteiger partial charge in [-0.25, -0.2) is 4.98 Å². The van der Waals surface area contributed by atoms with Gasteiger partial charge in [0.1, 0.15) is 5.82 Å². The van der Waals surface area contributed by atoms with Gasteiger partial charge in [-0.1, -0.05) is 41.1 Å². The number of imidazole rings is 1. The Morgan fingerprint density at radius 3 is 2.85 bits per heavy atom. The van der Waals surface area contributed by atoms with E-state index in [1.807, 2.05) is 12.4 Å². The minimum Gasteiger partial charge on any atom is -0.347 e. The first kappa shape index (κ1) is 13.8. The Morgan fingerprint density at radius 1 is 1.40 bits per heavy atom. The minimum absolute atomic E-state index is 0.343. The van der Waals surface area contributed by atoms with Crippen LogP contribution in [0.5, 0.6) is 0 Å². The van der Waals surface area contributed by atoms with E-state index in [0.29, 0.717) is 18.0 Å². The Bertz CT molecular complexity index is 547. The number of nitrogens with zero attached hydrogens (tertiary/aromatic N) is 1. The maximum absolute atomic E-state index is 4.36. The van der Waals surface area contributed by atoms with Gasteiger partial charge in [0.2, 0.25) is 0 Å². The standard InChI is InChI=1S/C16H20BrN3/c1-2-15(16-18-7-8-19-16)20-12-9-11(10-12)13-5-3-4-6-14(13)17/h3-8,11-12,15,20H,2,9-10H2,1H3,(H,18,19). The topological polar surface area (TPSA) is 40.7 Å². The number of aromatic nitrogens is 2. The Balaban J connectivity index is 1.57. The smallest absolute Gasteiger partial charge is 0.123 e. The number of H-pyrrole nitrogens is 1. The van der Waals surface area contributed by atoms with Crippen LogP contribution in [0.25, 0.3) is 0 Å². The SMILES string of the molecule is CCC(NC1CC(c2ccccc2Br)C1)c1ncc[nH]1. The quantitative estimate of drug-likeness (QED) is 0.862. The fourth-order valence-electron chi connectivity index (χ4n) is 2.96. The van der Waals surface area contributed by atoms with Crippen LogP contribution in [0.3, 0.4) is 0 Å². The van der Waals surface area contributed by atoms with Gasteiger partial charge in [-0.3, -0.25) is 0 Å². The summed E-state index contributed by atoms with van der Waals surface area (Å²) in [6.45, 7) is 2.20. The van der Waals surface area contributed by atoms with Gasteiger partial charge in [0.05, 0.1) is 6.04 Å². The molecule has 1 fully saturated rings. The predicted molar refractivity (Wildman–Crippen MR) is 84.7 cm³/mol. The zero-order chi connectivity index (χ0) is 13.9. The molecule has 3 nitrogen and oxygen atoms in total. The van der Waals surface area contributed by atoms with Crippen molar-refractivity contribution in [2.75, 3.05) is 0 Å². The highest BCUT2D eigenvalue weighted by Gasteiger charge is 2.32. The van der Waals surface area contributed by atoms with Gasteiger partial charge in [-0.2, -0.15) is 0 Å². The third-order valence-electron chi connectivity index (χ3n) is 4.18. The highest BCUT2D eigenvalue weighted by molar-refractivity contribution is 9.10. The van der Waals surface area contributed by atoms with Crippen molar-refractivity contribution >= 4 is 15.9 Å². The average molecular weight is 334 g/mol. The van der Waals surface area contributed by atoms with Crippen LogP contribution in [-0.4, -0.2) is 16.0 Å². The van der Waals surface area contributed by atoms with Gasteiger partial charge in [0.25, 0.3) is 0 Å². The minimum atomic E-state index is 0.343. The van der Waals surface area contributed by atoms with E-state index in [1.54, 1.807) is 0 Å². The second kappa shape index (κ2) is 6.10. The highest BCUT2D eigenvalue weighted by atomic mass is 79.9. The van der Waals surface area contributed by atoms with Crippen LogP contribution >= 0.6 is 15.9 Å². The van der Waals surface area contributed by atoms with Crippen LogP contribution in [0.4, 0.5) is 0 Å². The molecule has 1 aromatic carbocycles. The lowest BCUT2D eigenvalue weighted by Crippen LogP contribution is -2.42. The molecule has 20 heavy (non-hydrogen) atoms. The second-order valence-corrected chi connectivity index (χ2v) is 6.34. The number of aromatic amines is 1. The molecule has 2 aromatic rings. The summed E-state index contributed by atoms with van der Waals surface area (Å²) in [5.41, 5.74) is 1.44. The molecular weight excluding hydrogens is 314 g/mol. The fraction of sp³-hybridized carbons (Fsp3) is 0.438. The fourth-order valence-corrected chi connectivity index (χ4v) is 3.57. The molecular formula is C16H20BrN3. The number of benzene rings is 1. The maximum atomic E-state index is 4.36. The Labute approximate surface area is 128 Å². The molecule has 0 saturated heterocycles. The van der Waals surface area contributed by atoms with Crippen LogP contribution in [0.1, 0.15) is 49.5 Å². The molecule has 1 aliphatic carbocycles. The zero-order valence-electron chi connectivity index (χ0n) is 11.6. The Morgan fingerprint density at radius 2 is 2.20 bits per heavy atom. The van der Waals surface area contributed by atoms with E-state index in [1.165, 1.54) is 22.9 Å². The van der Waals surface area contributed by atoms with Crippen LogP contribution in [0, 0.1) is 0 Å². The van der Waals surface area contributed by atoms with E-state index in [4.69, 9.17) is 0 Å². The van der Waals surface area contributed by atoms with Gasteiger partial charge in [0, 0.05) is 22.9 Å². The van der Waals surface area contributed by atoms with Crippen molar-refractivity contribution in [3.05, 3.63) is 52.5 Å². The van der Waals surface area contributed by atoms with Gasteiger partial charge < -0.3 is 10.3 Å². The van der Waals surface area contributed by atoms with Crippen molar-refractivity contribution in [2.45, 2.75) is 44.2 Å². The molecule has 4 heteroatoms. The maximum Gasteiger partial charge on any atom is 0.123 e. The molecule has 0 amide bonds. The molecule has 1 unspecified atom stereocenters. The number of nitrogens with one attached hydrogen (secondary N) is 2. The highest BCUT2D eigenvalue weighted by Crippen LogP contribution is 2.40. The lowest BCUT2D eigenvalue weighted by molar-refractivity contribution is 0.258. The Hall–Kier alpha value is -1.13. The van der Waals surface area contributed by atoms with Gasteiger partial charge >= 0.3 is 0 Å². The summed E-state index contributed by atoms with van der Waals surface area (Å²) in [6, 6.07) is 9.50. The molecule has 0 spiro atoms. The van der Waals surface area contributed by atoms with E-state index in [-0.39, 0.29) is 0 Å². The second-order valence-electron chi connectivity index (χ2n) is 5.49. The molecule has 1 aliphatic rings. The molecule has 1 aromatic heterocycles. The number of halogens is 1. The van der Waals surface area contributed by atoms with Crippen molar-refractivity contribution in [2.24, 2.45) is 0 Å². The van der Waals surface area contributed by atoms with E-state index >= 15 is 0 Å². The number of hydrogen-bond acceptors (Lipinski definition) is 2. The molecule has 3 rings (SSSR count). The van der Waals surface area contributed by atoms with E-state index in [2.05, 4.69) is 62.4 Å².